The summed E-state index contributed by atoms with van der Waals surface area (Å²) in [6, 6.07) is 0. The van der Waals surface area contributed by atoms with Crippen LogP contribution in [0.15, 0.2) is 0 Å². The smallest absolute Gasteiger partial charge is 0.407 e. The maximum absolute atomic E-state index is 11.3. The highest BCUT2D eigenvalue weighted by atomic mass is 16.6. The van der Waals surface area contributed by atoms with E-state index in [9.17, 15) is 4.79 Å². The molecule has 0 aromatic heterocycles. The van der Waals surface area contributed by atoms with Crippen molar-refractivity contribution in [2.24, 2.45) is 0 Å². The van der Waals surface area contributed by atoms with Gasteiger partial charge in [0.25, 0.3) is 0 Å². The van der Waals surface area contributed by atoms with Gasteiger partial charge in [0.2, 0.25) is 0 Å². The van der Waals surface area contributed by atoms with Crippen LogP contribution in [-0.2, 0) is 4.74 Å². The molecule has 1 aliphatic rings. The second-order valence-electron chi connectivity index (χ2n) is 4.45. The van der Waals surface area contributed by atoms with Gasteiger partial charge in [0.15, 0.2) is 0 Å². The molecule has 4 heteroatoms. The summed E-state index contributed by atoms with van der Waals surface area (Å²) in [5.74, 6) is 0. The fraction of sp³-hybridized carbons (Fsp3) is 0.917. The van der Waals surface area contributed by atoms with Crippen LogP contribution in [0.5, 0.6) is 0 Å². The first-order valence-corrected chi connectivity index (χ1v) is 6.39. The van der Waals surface area contributed by atoms with Crippen LogP contribution < -0.4 is 5.32 Å². The second-order valence-corrected chi connectivity index (χ2v) is 4.45. The molecule has 1 amide bonds. The van der Waals surface area contributed by atoms with Crippen LogP contribution in [0.4, 0.5) is 4.79 Å². The summed E-state index contributed by atoms with van der Waals surface area (Å²) in [5.41, 5.74) is 0. The van der Waals surface area contributed by atoms with E-state index in [4.69, 9.17) is 4.74 Å². The molecule has 0 aliphatic carbocycles. The monoisotopic (exact) mass is 228 g/mol. The average Bonchev–Trinajstić information content (AvgIpc) is 2.30. The molecule has 0 bridgehead atoms. The van der Waals surface area contributed by atoms with Crippen molar-refractivity contribution >= 4 is 6.09 Å². The Morgan fingerprint density at radius 3 is 2.69 bits per heavy atom. The van der Waals surface area contributed by atoms with E-state index < -0.39 is 0 Å². The lowest BCUT2D eigenvalue weighted by atomic mass is 10.1. The van der Waals surface area contributed by atoms with Crippen molar-refractivity contribution in [1.29, 1.82) is 0 Å². The van der Waals surface area contributed by atoms with E-state index in [0.717, 1.165) is 13.0 Å². The standard InChI is InChI=1S/C12H24N2O2/c1-3-11(2)16-12(15)13-7-10-14-8-5-4-6-9-14/h11H,3-10H2,1-2H3,(H,13,15). The quantitative estimate of drug-likeness (QED) is 0.782. The number of piperidine rings is 1. The predicted molar refractivity (Wildman–Crippen MR) is 64.5 cm³/mol. The molecule has 1 heterocycles. The summed E-state index contributed by atoms with van der Waals surface area (Å²) >= 11 is 0. The molecule has 0 saturated carbocycles. The highest BCUT2D eigenvalue weighted by Gasteiger charge is 2.10. The van der Waals surface area contributed by atoms with E-state index in [2.05, 4.69) is 10.2 Å². The van der Waals surface area contributed by atoms with Gasteiger partial charge >= 0.3 is 6.09 Å². The summed E-state index contributed by atoms with van der Waals surface area (Å²) in [5, 5.41) is 2.79. The first kappa shape index (κ1) is 13.3. The van der Waals surface area contributed by atoms with Gasteiger partial charge in [0, 0.05) is 13.1 Å². The van der Waals surface area contributed by atoms with Gasteiger partial charge in [-0.2, -0.15) is 0 Å². The van der Waals surface area contributed by atoms with Crippen molar-refractivity contribution in [3.05, 3.63) is 0 Å². The summed E-state index contributed by atoms with van der Waals surface area (Å²) in [7, 11) is 0. The third-order valence-electron chi connectivity index (χ3n) is 3.03. The molecule has 16 heavy (non-hydrogen) atoms. The maximum Gasteiger partial charge on any atom is 0.407 e. The van der Waals surface area contributed by atoms with Crippen molar-refractivity contribution in [3.63, 3.8) is 0 Å². The summed E-state index contributed by atoms with van der Waals surface area (Å²) in [6.07, 6.45) is 4.51. The van der Waals surface area contributed by atoms with E-state index in [1.54, 1.807) is 0 Å². The van der Waals surface area contributed by atoms with Gasteiger partial charge in [-0.25, -0.2) is 4.79 Å². The molecule has 1 aliphatic heterocycles. The molecule has 4 nitrogen and oxygen atoms in total. The van der Waals surface area contributed by atoms with E-state index in [1.165, 1.54) is 32.4 Å². The van der Waals surface area contributed by atoms with Crippen LogP contribution in [0.1, 0.15) is 39.5 Å². The fourth-order valence-electron chi connectivity index (χ4n) is 1.81. The largest absolute Gasteiger partial charge is 0.447 e. The molecule has 1 saturated heterocycles. The van der Waals surface area contributed by atoms with Crippen molar-refractivity contribution in [3.8, 4) is 0 Å². The average molecular weight is 228 g/mol. The normalized spacial score (nSPS) is 19.1. The van der Waals surface area contributed by atoms with Crippen LogP contribution in [-0.4, -0.2) is 43.3 Å². The van der Waals surface area contributed by atoms with Crippen molar-refractivity contribution in [2.75, 3.05) is 26.2 Å². The van der Waals surface area contributed by atoms with E-state index >= 15 is 0 Å². The number of carbonyl (C=O) groups is 1. The molecule has 1 N–H and O–H groups in total. The third-order valence-corrected chi connectivity index (χ3v) is 3.03. The Morgan fingerprint density at radius 1 is 1.38 bits per heavy atom. The zero-order chi connectivity index (χ0) is 11.8. The van der Waals surface area contributed by atoms with Crippen LogP contribution >= 0.6 is 0 Å². The summed E-state index contributed by atoms with van der Waals surface area (Å²) in [6.45, 7) is 7.88. The molecule has 0 aromatic rings. The lowest BCUT2D eigenvalue weighted by Crippen LogP contribution is -2.38. The lowest BCUT2D eigenvalue weighted by Gasteiger charge is -2.26. The number of nitrogens with zero attached hydrogens (tertiary/aromatic N) is 1. The SMILES string of the molecule is CCC(C)OC(=O)NCCN1CCCCC1. The van der Waals surface area contributed by atoms with Crippen LogP contribution in [0.25, 0.3) is 0 Å². The number of rotatable bonds is 5. The molecule has 94 valence electrons. The Balaban J connectivity index is 2.03. The molecule has 0 spiro atoms. The number of amides is 1. The van der Waals surface area contributed by atoms with E-state index in [0.29, 0.717) is 6.54 Å². The number of carbonyl (C=O) groups excluding carboxylic acids is 1. The molecule has 1 unspecified atom stereocenters. The highest BCUT2D eigenvalue weighted by molar-refractivity contribution is 5.67. The molecule has 0 aromatic carbocycles. The zero-order valence-electron chi connectivity index (χ0n) is 10.5. The number of hydrogen-bond donors (Lipinski definition) is 1. The van der Waals surface area contributed by atoms with E-state index in [-0.39, 0.29) is 12.2 Å². The van der Waals surface area contributed by atoms with Crippen LogP contribution in [0.2, 0.25) is 0 Å². The molecular weight excluding hydrogens is 204 g/mol. The molecule has 1 atom stereocenters. The van der Waals surface area contributed by atoms with Gasteiger partial charge in [0.05, 0.1) is 0 Å². The van der Waals surface area contributed by atoms with Gasteiger partial charge in [-0.3, -0.25) is 0 Å². The van der Waals surface area contributed by atoms with Gasteiger partial charge in [-0.15, -0.1) is 0 Å². The predicted octanol–water partition coefficient (Wildman–Crippen LogP) is 2.00. The van der Waals surface area contributed by atoms with Crippen LogP contribution in [0, 0.1) is 0 Å². The Morgan fingerprint density at radius 2 is 2.06 bits per heavy atom. The summed E-state index contributed by atoms with van der Waals surface area (Å²) in [4.78, 5) is 13.7. The van der Waals surface area contributed by atoms with Crippen LogP contribution in [0.3, 0.4) is 0 Å². The van der Waals surface area contributed by atoms with Gasteiger partial charge in [-0.05, 0) is 39.3 Å². The number of hydrogen-bond acceptors (Lipinski definition) is 3. The Kier molecular flexibility index (Phi) is 6.23. The minimum absolute atomic E-state index is 0.00925. The minimum Gasteiger partial charge on any atom is -0.447 e. The second kappa shape index (κ2) is 7.49. The number of alkyl carbamates (subject to hydrolysis) is 1. The van der Waals surface area contributed by atoms with Crippen molar-refractivity contribution in [2.45, 2.75) is 45.6 Å². The number of ether oxygens (including phenoxy) is 1. The highest BCUT2D eigenvalue weighted by Crippen LogP contribution is 2.07. The topological polar surface area (TPSA) is 41.6 Å². The van der Waals surface area contributed by atoms with Gasteiger partial charge in [0.1, 0.15) is 6.10 Å². The summed E-state index contributed by atoms with van der Waals surface area (Å²) < 4.78 is 5.12. The Bertz CT molecular complexity index is 203. The maximum atomic E-state index is 11.3. The molecule has 1 rings (SSSR count). The van der Waals surface area contributed by atoms with E-state index in [1.807, 2.05) is 13.8 Å². The third kappa shape index (κ3) is 5.35. The van der Waals surface area contributed by atoms with Crippen molar-refractivity contribution < 1.29 is 9.53 Å². The molecule has 0 radical (unpaired) electrons. The first-order chi connectivity index (χ1) is 7.72. The van der Waals surface area contributed by atoms with Crippen molar-refractivity contribution in [1.82, 2.24) is 10.2 Å². The minimum atomic E-state index is -0.286. The molecule has 1 fully saturated rings. The Hall–Kier alpha value is -0.770. The zero-order valence-corrected chi connectivity index (χ0v) is 10.5. The lowest BCUT2D eigenvalue weighted by molar-refractivity contribution is 0.103. The molecular formula is C12H24N2O2. The van der Waals surface area contributed by atoms with Gasteiger partial charge < -0.3 is 15.0 Å². The number of likely N-dealkylation sites (tertiary alicyclic amines) is 1. The number of nitrogens with one attached hydrogen (secondary N) is 1. The Labute approximate surface area is 98.3 Å². The first-order valence-electron chi connectivity index (χ1n) is 6.39. The van der Waals surface area contributed by atoms with Gasteiger partial charge in [-0.1, -0.05) is 13.3 Å². The fourth-order valence-corrected chi connectivity index (χ4v) is 1.81.